The zero-order chi connectivity index (χ0) is 90.4. The highest BCUT2D eigenvalue weighted by Crippen LogP contribution is 2.48. The van der Waals surface area contributed by atoms with Crippen molar-refractivity contribution in [2.45, 2.75) is 77.8 Å². The SMILES string of the molecule is CC1(C)OB(B2OC(C)(C)C(C)(C)O2)OC1(C)C.Clc1cc2oc3cc4ccc(-c5ccc6c(c5)sc5ccccc56)cc4cc3c2c2ccccc12.OB(O)c1ccc(Cl)c2ccccc12.Oc1cc2ccc(-c3ccc4c(c3)sc3ccccc34)cc2cc1-c1ccc(Cl)c2ccccc12.Oc1cc2ccc(-c3ccc4c(c3)sc3ccccc34)cc2cc1Br.[2H]CF. The Morgan fingerprint density at radius 3 is 1.12 bits per heavy atom. The molecule has 2 saturated heterocycles. The first-order chi connectivity index (χ1) is 62.6. The van der Waals surface area contributed by atoms with E-state index in [-0.39, 0.29) is 33.9 Å². The van der Waals surface area contributed by atoms with Crippen LogP contribution in [-0.2, 0) is 18.6 Å². The molecule has 2 aliphatic heterocycles. The number of hydrogen-bond donors (Lipinski definition) is 4. The van der Waals surface area contributed by atoms with E-state index in [1.165, 1.54) is 99.1 Å². The molecule has 2 aliphatic rings. The fourth-order valence-corrected chi connectivity index (χ4v) is 21.9. The van der Waals surface area contributed by atoms with E-state index in [2.05, 4.69) is 240 Å². The van der Waals surface area contributed by atoms with Crippen LogP contribution in [0.4, 0.5) is 4.39 Å². The molecule has 0 spiro atoms. The second-order valence-electron chi connectivity index (χ2n) is 34.5. The first-order valence-electron chi connectivity index (χ1n) is 43.0. The third-order valence-corrected chi connectivity index (χ3v) is 30.5. The molecule has 4 aromatic heterocycles. The van der Waals surface area contributed by atoms with Crippen LogP contribution in [-0.4, -0.2) is 71.0 Å². The number of hydrogen-bond acceptors (Lipinski definition) is 12. The van der Waals surface area contributed by atoms with E-state index in [4.69, 9.17) is 69.3 Å². The lowest BCUT2D eigenvalue weighted by atomic mass is 9.49. The third-order valence-electron chi connectivity index (χ3n) is 25.5. The average molecular weight is 1870 g/mol. The summed E-state index contributed by atoms with van der Waals surface area (Å²) in [5.41, 5.74) is 9.74. The average Bonchev–Trinajstić information content (AvgIpc) is 1.59. The zero-order valence-corrected chi connectivity index (χ0v) is 77.8. The molecule has 24 rings (SSSR count). The fourth-order valence-electron chi connectivity index (χ4n) is 17.4. The molecule has 0 unspecified atom stereocenters. The van der Waals surface area contributed by atoms with Crippen molar-refractivity contribution >= 4 is 258 Å². The number of alkyl halides is 1. The Morgan fingerprint density at radius 1 is 0.318 bits per heavy atom. The highest BCUT2D eigenvalue weighted by atomic mass is 79.9. The lowest BCUT2D eigenvalue weighted by molar-refractivity contribution is 0.00578. The maximum atomic E-state index is 10.9. The Morgan fingerprint density at radius 2 is 0.667 bits per heavy atom. The Bertz CT molecular complexity index is 8160. The molecule has 0 aliphatic carbocycles. The van der Waals surface area contributed by atoms with E-state index in [9.17, 15) is 14.6 Å². The van der Waals surface area contributed by atoms with Crippen LogP contribution in [0, 0.1) is 0 Å². The number of aromatic hydroxyl groups is 2. The van der Waals surface area contributed by atoms with Crippen molar-refractivity contribution in [1.82, 2.24) is 0 Å². The number of rotatable bonds is 6. The number of phenols is 2. The van der Waals surface area contributed by atoms with Crippen molar-refractivity contribution in [3.8, 4) is 56.0 Å². The summed E-state index contributed by atoms with van der Waals surface area (Å²) in [6, 6.07) is 110. The second-order valence-corrected chi connectivity index (χ2v) is 39.8. The van der Waals surface area contributed by atoms with Crippen molar-refractivity contribution in [1.29, 1.82) is 0 Å². The Hall–Kier alpha value is -11.2. The van der Waals surface area contributed by atoms with Gasteiger partial charge in [0, 0.05) is 104 Å². The summed E-state index contributed by atoms with van der Waals surface area (Å²) in [5, 5.41) is 63.6. The molecule has 0 atom stereocenters. The van der Waals surface area contributed by atoms with Crippen LogP contribution in [0.15, 0.2) is 330 Å². The van der Waals surface area contributed by atoms with Gasteiger partial charge in [-0.15, -0.1) is 34.0 Å². The number of halogens is 5. The summed E-state index contributed by atoms with van der Waals surface area (Å²) in [5.74, 6) is 0.538. The molecule has 0 amide bonds. The van der Waals surface area contributed by atoms with Gasteiger partial charge < -0.3 is 43.3 Å². The van der Waals surface area contributed by atoms with Crippen LogP contribution in [0.2, 0.25) is 15.1 Å². The predicted molar refractivity (Wildman–Crippen MR) is 554 cm³/mol. The summed E-state index contributed by atoms with van der Waals surface area (Å²) >= 11 is 27.9. The van der Waals surface area contributed by atoms with Gasteiger partial charge in [-0.3, -0.25) is 4.39 Å². The molecule has 4 N–H and O–H groups in total. The normalized spacial score (nSPS) is 14.5. The Kier molecular flexibility index (Phi) is 23.3. The molecule has 6 heterocycles. The van der Waals surface area contributed by atoms with Crippen LogP contribution in [0.1, 0.15) is 56.8 Å². The first kappa shape index (κ1) is 85.9. The van der Waals surface area contributed by atoms with Crippen molar-refractivity contribution < 1.29 is 49.1 Å². The molecule has 636 valence electrons. The van der Waals surface area contributed by atoms with E-state index in [1.54, 1.807) is 18.2 Å². The number of thiophene rings is 3. The van der Waals surface area contributed by atoms with Gasteiger partial charge in [0.2, 0.25) is 0 Å². The molecule has 0 bridgehead atoms. The summed E-state index contributed by atoms with van der Waals surface area (Å²) < 4.78 is 54.2. The minimum absolute atomic E-state index is 0.268. The van der Waals surface area contributed by atoms with E-state index in [0.29, 0.717) is 15.5 Å². The van der Waals surface area contributed by atoms with Gasteiger partial charge >= 0.3 is 21.1 Å². The van der Waals surface area contributed by atoms with Gasteiger partial charge in [0.05, 0.1) is 40.4 Å². The van der Waals surface area contributed by atoms with E-state index in [0.717, 1.165) is 102 Å². The predicted octanol–water partition coefficient (Wildman–Crippen LogP) is 32.0. The van der Waals surface area contributed by atoms with Crippen LogP contribution in [0.5, 0.6) is 11.5 Å². The molecule has 129 heavy (non-hydrogen) atoms. The third kappa shape index (κ3) is 16.6. The monoisotopic (exact) mass is 1870 g/mol. The lowest BCUT2D eigenvalue weighted by Gasteiger charge is -2.32. The maximum Gasteiger partial charge on any atom is 0.489 e. The minimum atomic E-state index is -1.46. The van der Waals surface area contributed by atoms with E-state index in [1.807, 2.05) is 168 Å². The first-order valence-corrected chi connectivity index (χ1v) is 46.6. The minimum Gasteiger partial charge on any atom is -0.507 e. The van der Waals surface area contributed by atoms with Gasteiger partial charge in [0.1, 0.15) is 22.7 Å². The quantitative estimate of drug-likeness (QED) is 0.120. The molecular weight excluding hydrogens is 1790 g/mol. The number of phenolic OH excluding ortho intramolecular Hbond substituents is 2. The standard InChI is InChI=1S/C32H17ClOS.C32H19ClOS.C22H13BrOS.C12H24B2O4.C10H8BClO2.CH3F/c33-27-17-29-32(25-7-2-1-5-22(25)27)26-14-21-13-18(9-10-19(21)15-28(26)34-29)20-11-12-24-23-6-3-4-8-30(23)35-31(24)16-20;33-29-14-13-24(23-5-1-2-6-25(23)29)28-16-22-15-19(9-10-20(22)17-30(28)34)21-11-12-27-26-7-3-4-8-31(26)35-32(27)18-21;23-19-10-16-9-13(5-6-14(16)11-20(19)24)15-7-8-18-17-3-1-2-4-21(17)25-22(18)12-15;1-9(2)10(3,4)16-13(15-9)14-17-11(5,6)12(7,8)18-14;12-10-6-5-9(11(13)14)7-3-1-2-4-8(7)10;1-2/h1-17H;1-18,34H;1-12,24H;1-8H3;1-6,13-14H;1H3/i;;;;;1D. The maximum absolute atomic E-state index is 10.9. The summed E-state index contributed by atoms with van der Waals surface area (Å²) in [6.07, 6.45) is 0. The van der Waals surface area contributed by atoms with Crippen LogP contribution in [0.3, 0.4) is 0 Å². The van der Waals surface area contributed by atoms with Crippen molar-refractivity contribution in [3.63, 3.8) is 0 Å². The van der Waals surface area contributed by atoms with Gasteiger partial charge in [-0.05, 0) is 273 Å². The highest BCUT2D eigenvalue weighted by molar-refractivity contribution is 9.10. The smallest absolute Gasteiger partial charge is 0.489 e. The molecular formula is C109H84B3BrCl3FO9S3. The lowest BCUT2D eigenvalue weighted by Crippen LogP contribution is -2.41. The molecule has 0 radical (unpaired) electrons. The zero-order valence-electron chi connectivity index (χ0n) is 72.5. The summed E-state index contributed by atoms with van der Waals surface area (Å²) in [4.78, 5) is 0. The number of fused-ring (bicyclic) bond motifs is 19. The Labute approximate surface area is 782 Å². The van der Waals surface area contributed by atoms with Gasteiger partial charge in [0.25, 0.3) is 0 Å². The van der Waals surface area contributed by atoms with Gasteiger partial charge in [-0.1, -0.05) is 247 Å². The van der Waals surface area contributed by atoms with Crippen molar-refractivity contribution in [2.24, 2.45) is 0 Å². The molecule has 20 heteroatoms. The summed E-state index contributed by atoms with van der Waals surface area (Å²) in [6.45, 7) is 16.2. The second kappa shape index (κ2) is 34.9. The van der Waals surface area contributed by atoms with Crippen LogP contribution < -0.4 is 5.46 Å². The number of benzene rings is 18. The van der Waals surface area contributed by atoms with Gasteiger partial charge in [-0.2, -0.15) is 0 Å². The Balaban J connectivity index is 0.000000108. The molecule has 2 fully saturated rings. The van der Waals surface area contributed by atoms with Crippen LogP contribution >= 0.6 is 84.7 Å². The molecule has 9 nitrogen and oxygen atoms in total. The molecule has 22 aromatic rings. The van der Waals surface area contributed by atoms with Crippen molar-refractivity contribution in [3.05, 3.63) is 341 Å². The molecule has 18 aromatic carbocycles. The van der Waals surface area contributed by atoms with Gasteiger partial charge in [0.15, 0.2) is 0 Å². The topological polar surface area (TPSA) is 131 Å². The largest absolute Gasteiger partial charge is 0.507 e. The summed E-state index contributed by atoms with van der Waals surface area (Å²) in [7, 11) is -3.41. The molecule has 0 saturated carbocycles. The van der Waals surface area contributed by atoms with E-state index >= 15 is 0 Å². The van der Waals surface area contributed by atoms with Crippen LogP contribution in [0.25, 0.3) is 192 Å². The highest BCUT2D eigenvalue weighted by Gasteiger charge is 2.64. The van der Waals surface area contributed by atoms with Crippen molar-refractivity contribution in [2.75, 3.05) is 7.15 Å². The number of furan rings is 1. The van der Waals surface area contributed by atoms with Gasteiger partial charge in [-0.25, -0.2) is 0 Å². The fraction of sp³-hybridized carbons (Fsp3) is 0.119. The van der Waals surface area contributed by atoms with E-state index < -0.39 is 28.3 Å².